The molecule has 0 amide bonds. The van der Waals surface area contributed by atoms with Crippen LogP contribution in [0.1, 0.15) is 16.1 Å². The first-order valence-electron chi connectivity index (χ1n) is 8.36. The van der Waals surface area contributed by atoms with Crippen molar-refractivity contribution in [1.29, 1.82) is 0 Å². The zero-order chi connectivity index (χ0) is 18.1. The molecular formula is C22H18NO3+. The quantitative estimate of drug-likeness (QED) is 0.410. The SMILES string of the molecule is COc1cc2ccccc2cc1C(=O)Oc1cccc2ccc(C)[nH+]c12. The fourth-order valence-corrected chi connectivity index (χ4v) is 3.06. The highest BCUT2D eigenvalue weighted by atomic mass is 16.5. The molecule has 0 unspecified atom stereocenters. The molecule has 0 atom stereocenters. The van der Waals surface area contributed by atoms with Gasteiger partial charge in [0.2, 0.25) is 5.75 Å². The maximum Gasteiger partial charge on any atom is 0.347 e. The summed E-state index contributed by atoms with van der Waals surface area (Å²) < 4.78 is 11.1. The number of hydrogen-bond acceptors (Lipinski definition) is 3. The van der Waals surface area contributed by atoms with Crippen LogP contribution in [0.5, 0.6) is 11.5 Å². The number of methoxy groups -OCH3 is 1. The van der Waals surface area contributed by atoms with Gasteiger partial charge in [-0.1, -0.05) is 30.3 Å². The first kappa shape index (κ1) is 16.1. The van der Waals surface area contributed by atoms with Crippen molar-refractivity contribution in [2.45, 2.75) is 6.92 Å². The molecule has 0 radical (unpaired) electrons. The highest BCUT2D eigenvalue weighted by Gasteiger charge is 2.19. The lowest BCUT2D eigenvalue weighted by atomic mass is 10.1. The molecular weight excluding hydrogens is 326 g/mol. The van der Waals surface area contributed by atoms with Crippen LogP contribution in [0.2, 0.25) is 0 Å². The number of para-hydroxylation sites is 1. The van der Waals surface area contributed by atoms with E-state index in [1.165, 1.54) is 0 Å². The third kappa shape index (κ3) is 2.86. The predicted octanol–water partition coefficient (Wildman–Crippen LogP) is 4.34. The molecule has 0 aliphatic carbocycles. The third-order valence-corrected chi connectivity index (χ3v) is 4.38. The fraction of sp³-hybridized carbons (Fsp3) is 0.0909. The first-order valence-corrected chi connectivity index (χ1v) is 8.36. The van der Waals surface area contributed by atoms with Crippen molar-refractivity contribution in [1.82, 2.24) is 0 Å². The molecule has 128 valence electrons. The molecule has 1 heterocycles. The van der Waals surface area contributed by atoms with Gasteiger partial charge in [0.25, 0.3) is 5.52 Å². The van der Waals surface area contributed by atoms with Gasteiger partial charge in [0.05, 0.1) is 12.5 Å². The molecule has 1 N–H and O–H groups in total. The summed E-state index contributed by atoms with van der Waals surface area (Å²) in [6.07, 6.45) is 0. The molecule has 0 aliphatic heterocycles. The predicted molar refractivity (Wildman–Crippen MR) is 101 cm³/mol. The number of aryl methyl sites for hydroxylation is 1. The second-order valence-electron chi connectivity index (χ2n) is 6.15. The van der Waals surface area contributed by atoms with Crippen molar-refractivity contribution in [3.63, 3.8) is 0 Å². The average Bonchev–Trinajstić information content (AvgIpc) is 2.67. The number of rotatable bonds is 3. The van der Waals surface area contributed by atoms with Gasteiger partial charge in [0, 0.05) is 13.0 Å². The van der Waals surface area contributed by atoms with Gasteiger partial charge in [0.1, 0.15) is 11.3 Å². The summed E-state index contributed by atoms with van der Waals surface area (Å²) >= 11 is 0. The maximum absolute atomic E-state index is 12.8. The highest BCUT2D eigenvalue weighted by Crippen LogP contribution is 2.28. The van der Waals surface area contributed by atoms with Crippen LogP contribution in [0.3, 0.4) is 0 Å². The van der Waals surface area contributed by atoms with Crippen LogP contribution in [0.4, 0.5) is 0 Å². The lowest BCUT2D eigenvalue weighted by Gasteiger charge is -2.10. The van der Waals surface area contributed by atoms with Crippen molar-refractivity contribution >= 4 is 27.6 Å². The van der Waals surface area contributed by atoms with E-state index in [1.54, 1.807) is 19.2 Å². The van der Waals surface area contributed by atoms with Gasteiger partial charge < -0.3 is 9.47 Å². The monoisotopic (exact) mass is 344 g/mol. The smallest absolute Gasteiger partial charge is 0.347 e. The molecule has 26 heavy (non-hydrogen) atoms. The summed E-state index contributed by atoms with van der Waals surface area (Å²) in [7, 11) is 1.55. The normalized spacial score (nSPS) is 10.8. The van der Waals surface area contributed by atoms with Gasteiger partial charge in [-0.2, -0.15) is 0 Å². The Hall–Kier alpha value is -3.40. The Kier molecular flexibility index (Phi) is 4.01. The minimum Gasteiger partial charge on any atom is -0.496 e. The number of pyridine rings is 1. The molecule has 4 heteroatoms. The fourth-order valence-electron chi connectivity index (χ4n) is 3.06. The summed E-state index contributed by atoms with van der Waals surface area (Å²) in [5, 5.41) is 2.95. The van der Waals surface area contributed by atoms with Crippen molar-refractivity contribution in [3.05, 3.63) is 78.0 Å². The number of carbonyl (C=O) groups excluding carboxylic acids is 1. The number of fused-ring (bicyclic) bond motifs is 2. The Morgan fingerprint density at radius 1 is 0.846 bits per heavy atom. The number of benzene rings is 3. The molecule has 3 aromatic carbocycles. The molecule has 0 saturated carbocycles. The second kappa shape index (κ2) is 6.48. The average molecular weight is 344 g/mol. The van der Waals surface area contributed by atoms with E-state index in [-0.39, 0.29) is 0 Å². The van der Waals surface area contributed by atoms with Crippen LogP contribution in [0.15, 0.2) is 66.7 Å². The number of H-pyrrole nitrogens is 1. The number of nitrogens with one attached hydrogen (secondary N) is 1. The number of aromatic nitrogens is 1. The molecule has 4 nitrogen and oxygen atoms in total. The molecule has 4 aromatic rings. The van der Waals surface area contributed by atoms with Crippen molar-refractivity contribution in [2.24, 2.45) is 0 Å². The number of esters is 1. The number of aromatic amines is 1. The number of hydrogen-bond donors (Lipinski definition) is 0. The summed E-state index contributed by atoms with van der Waals surface area (Å²) in [5.41, 5.74) is 2.18. The molecule has 0 bridgehead atoms. The van der Waals surface area contributed by atoms with E-state index >= 15 is 0 Å². The molecule has 0 spiro atoms. The van der Waals surface area contributed by atoms with E-state index in [9.17, 15) is 4.79 Å². The van der Waals surface area contributed by atoms with Crippen LogP contribution >= 0.6 is 0 Å². The Balaban J connectivity index is 1.77. The van der Waals surface area contributed by atoms with E-state index < -0.39 is 5.97 Å². The van der Waals surface area contributed by atoms with Gasteiger partial charge >= 0.3 is 5.97 Å². The van der Waals surface area contributed by atoms with E-state index in [0.717, 1.165) is 27.4 Å². The first-order chi connectivity index (χ1) is 12.7. The molecule has 0 fully saturated rings. The topological polar surface area (TPSA) is 49.7 Å². The number of carbonyl (C=O) groups is 1. The van der Waals surface area contributed by atoms with Gasteiger partial charge in [-0.3, -0.25) is 0 Å². The minimum absolute atomic E-state index is 0.399. The standard InChI is InChI=1S/C22H17NO3/c1-14-10-11-15-8-5-9-19(21(15)23-14)26-22(24)18-12-16-6-3-4-7-17(16)13-20(18)25-2/h3-13H,1-2H3/p+1. The molecule has 1 aromatic heterocycles. The van der Waals surface area contributed by atoms with Crippen molar-refractivity contribution in [2.75, 3.05) is 7.11 Å². The summed E-state index contributed by atoms with van der Waals surface area (Å²) in [6, 6.07) is 21.1. The summed E-state index contributed by atoms with van der Waals surface area (Å²) in [4.78, 5) is 16.1. The Bertz CT molecular complexity index is 1130. The summed E-state index contributed by atoms with van der Waals surface area (Å²) in [5.74, 6) is 0.538. The molecule has 0 saturated heterocycles. The van der Waals surface area contributed by atoms with E-state index in [0.29, 0.717) is 17.1 Å². The van der Waals surface area contributed by atoms with Gasteiger partial charge in [-0.25, -0.2) is 9.78 Å². The summed E-state index contributed by atoms with van der Waals surface area (Å²) in [6.45, 7) is 1.96. The lowest BCUT2D eigenvalue weighted by Crippen LogP contribution is -2.14. The Morgan fingerprint density at radius 2 is 1.58 bits per heavy atom. The molecule has 4 rings (SSSR count). The Labute approximate surface area is 151 Å². The maximum atomic E-state index is 12.8. The zero-order valence-corrected chi connectivity index (χ0v) is 14.6. The third-order valence-electron chi connectivity index (χ3n) is 4.38. The second-order valence-corrected chi connectivity index (χ2v) is 6.15. The van der Waals surface area contributed by atoms with Gasteiger partial charge in [-0.15, -0.1) is 0 Å². The largest absolute Gasteiger partial charge is 0.496 e. The van der Waals surface area contributed by atoms with Gasteiger partial charge in [0.15, 0.2) is 5.69 Å². The Morgan fingerprint density at radius 3 is 2.35 bits per heavy atom. The zero-order valence-electron chi connectivity index (χ0n) is 14.6. The molecule has 0 aliphatic rings. The minimum atomic E-state index is -0.449. The van der Waals surface area contributed by atoms with Crippen LogP contribution < -0.4 is 14.5 Å². The van der Waals surface area contributed by atoms with Crippen molar-refractivity contribution in [3.8, 4) is 11.5 Å². The van der Waals surface area contributed by atoms with Crippen LogP contribution in [-0.2, 0) is 0 Å². The lowest BCUT2D eigenvalue weighted by molar-refractivity contribution is -0.355. The van der Waals surface area contributed by atoms with Crippen LogP contribution in [0.25, 0.3) is 21.7 Å². The van der Waals surface area contributed by atoms with E-state index in [2.05, 4.69) is 4.98 Å². The van der Waals surface area contributed by atoms with Gasteiger partial charge in [-0.05, 0) is 41.1 Å². The highest BCUT2D eigenvalue weighted by molar-refractivity contribution is 6.00. The van der Waals surface area contributed by atoms with Crippen molar-refractivity contribution < 1.29 is 19.3 Å². The van der Waals surface area contributed by atoms with Crippen LogP contribution in [-0.4, -0.2) is 13.1 Å². The van der Waals surface area contributed by atoms with Crippen LogP contribution in [0, 0.1) is 6.92 Å². The number of ether oxygens (including phenoxy) is 2. The van der Waals surface area contributed by atoms with E-state index in [1.807, 2.05) is 61.5 Å². The van der Waals surface area contributed by atoms with E-state index in [4.69, 9.17) is 9.47 Å².